The molecule has 0 unspecified atom stereocenters. The van der Waals surface area contributed by atoms with E-state index in [4.69, 9.17) is 19.2 Å². The molecule has 2 fully saturated rings. The number of aliphatic imine (C=N–C) groups is 2. The number of ether oxygens (including phenoxy) is 3. The van der Waals surface area contributed by atoms with E-state index in [0.717, 1.165) is 64.6 Å². The molecule has 0 saturated carbocycles. The van der Waals surface area contributed by atoms with Crippen LogP contribution in [0.2, 0.25) is 0 Å². The van der Waals surface area contributed by atoms with E-state index in [1.807, 2.05) is 0 Å². The highest BCUT2D eigenvalue weighted by Gasteiger charge is 2.29. The molecule has 0 spiro atoms. The van der Waals surface area contributed by atoms with Gasteiger partial charge in [0.05, 0.1) is 25.9 Å². The number of hydrogen-bond donors (Lipinski definition) is 0. The monoisotopic (exact) mass is 323 g/mol. The van der Waals surface area contributed by atoms with Crippen molar-refractivity contribution in [2.24, 2.45) is 21.8 Å². The predicted molar refractivity (Wildman–Crippen MR) is 90.0 cm³/mol. The molecule has 0 amide bonds. The fourth-order valence-electron chi connectivity index (χ4n) is 3.30. The quantitative estimate of drug-likeness (QED) is 0.796. The second-order valence-corrected chi connectivity index (χ2v) is 6.70. The zero-order valence-electron chi connectivity index (χ0n) is 14.4. The molecule has 0 N–H and O–H groups in total. The van der Waals surface area contributed by atoms with Crippen molar-refractivity contribution in [1.29, 1.82) is 0 Å². The molecule has 23 heavy (non-hydrogen) atoms. The Labute approximate surface area is 138 Å². The van der Waals surface area contributed by atoms with Crippen LogP contribution in [0.3, 0.4) is 0 Å². The molecule has 0 bridgehead atoms. The summed E-state index contributed by atoms with van der Waals surface area (Å²) >= 11 is 0. The van der Waals surface area contributed by atoms with Crippen molar-refractivity contribution in [2.75, 3.05) is 46.1 Å². The maximum Gasteiger partial charge on any atom is 0.313 e. The molecular formula is C17H29N3O3. The Balaban J connectivity index is 1.54. The molecule has 0 aliphatic carbocycles. The number of hydrogen-bond acceptors (Lipinski definition) is 6. The Morgan fingerprint density at radius 2 is 1.78 bits per heavy atom. The molecule has 6 heteroatoms. The predicted octanol–water partition coefficient (Wildman–Crippen LogP) is 1.94. The maximum atomic E-state index is 5.89. The van der Waals surface area contributed by atoms with Crippen LogP contribution in [0.4, 0.5) is 0 Å². The Morgan fingerprint density at radius 1 is 1.09 bits per heavy atom. The first-order chi connectivity index (χ1) is 11.2. The Hall–Kier alpha value is -1.14. The first-order valence-electron chi connectivity index (χ1n) is 8.93. The third-order valence-corrected chi connectivity index (χ3v) is 5.09. The zero-order chi connectivity index (χ0) is 16.1. The van der Waals surface area contributed by atoms with Crippen LogP contribution in [0, 0.1) is 11.8 Å². The van der Waals surface area contributed by atoms with Crippen LogP contribution in [-0.2, 0) is 14.2 Å². The summed E-state index contributed by atoms with van der Waals surface area (Å²) in [6, 6.07) is 0.771. The lowest BCUT2D eigenvalue weighted by atomic mass is 9.97. The molecule has 0 aromatic carbocycles. The standard InChI is InChI=1S/C17H29N3O3/c1-13-14(2)18-17(19-16(13)20-6-11-22-12-7-20)23-10-5-15-3-8-21-9-4-15/h13-15H,3-12H2,1-2H3/t13-,14+/m0/s1. The lowest BCUT2D eigenvalue weighted by Crippen LogP contribution is -2.47. The van der Waals surface area contributed by atoms with Gasteiger partial charge in [0.15, 0.2) is 0 Å². The van der Waals surface area contributed by atoms with Gasteiger partial charge in [-0.15, -0.1) is 0 Å². The molecule has 3 aliphatic heterocycles. The van der Waals surface area contributed by atoms with E-state index >= 15 is 0 Å². The van der Waals surface area contributed by atoms with Gasteiger partial charge in [-0.1, -0.05) is 6.92 Å². The minimum atomic E-state index is 0.212. The fourth-order valence-corrected chi connectivity index (χ4v) is 3.30. The van der Waals surface area contributed by atoms with Crippen LogP contribution in [0.5, 0.6) is 0 Å². The van der Waals surface area contributed by atoms with Crippen molar-refractivity contribution >= 4 is 11.9 Å². The summed E-state index contributed by atoms with van der Waals surface area (Å²) in [5.74, 6) is 2.15. The molecule has 130 valence electrons. The van der Waals surface area contributed by atoms with Crippen molar-refractivity contribution < 1.29 is 14.2 Å². The summed E-state index contributed by atoms with van der Waals surface area (Å²) in [5, 5.41) is 0. The summed E-state index contributed by atoms with van der Waals surface area (Å²) in [6.45, 7) is 10.2. The minimum absolute atomic E-state index is 0.212. The lowest BCUT2D eigenvalue weighted by molar-refractivity contribution is 0.0584. The van der Waals surface area contributed by atoms with Crippen LogP contribution >= 0.6 is 0 Å². The third-order valence-electron chi connectivity index (χ3n) is 5.09. The van der Waals surface area contributed by atoms with Gasteiger partial charge in [0.2, 0.25) is 0 Å². The van der Waals surface area contributed by atoms with Crippen LogP contribution in [-0.4, -0.2) is 68.9 Å². The third kappa shape index (κ3) is 4.44. The molecule has 2 atom stereocenters. The number of amidine groups is 2. The van der Waals surface area contributed by atoms with Crippen LogP contribution in [0.15, 0.2) is 9.98 Å². The Kier molecular flexibility index (Phi) is 5.89. The molecule has 0 radical (unpaired) electrons. The number of rotatable bonds is 3. The minimum Gasteiger partial charge on any atom is -0.464 e. The van der Waals surface area contributed by atoms with E-state index in [1.165, 1.54) is 0 Å². The second-order valence-electron chi connectivity index (χ2n) is 6.70. The molecule has 0 aromatic rings. The first kappa shape index (κ1) is 16.7. The van der Waals surface area contributed by atoms with Gasteiger partial charge in [0, 0.05) is 32.2 Å². The van der Waals surface area contributed by atoms with Gasteiger partial charge in [0.1, 0.15) is 5.84 Å². The van der Waals surface area contributed by atoms with Crippen molar-refractivity contribution in [3.05, 3.63) is 0 Å². The molecule has 3 aliphatic rings. The van der Waals surface area contributed by atoms with E-state index < -0.39 is 0 Å². The number of morpholine rings is 1. The van der Waals surface area contributed by atoms with Crippen LogP contribution < -0.4 is 0 Å². The normalized spacial score (nSPS) is 29.9. The van der Waals surface area contributed by atoms with Gasteiger partial charge in [-0.05, 0) is 32.1 Å². The van der Waals surface area contributed by atoms with Gasteiger partial charge in [-0.2, -0.15) is 4.99 Å². The highest BCUT2D eigenvalue weighted by Crippen LogP contribution is 2.21. The van der Waals surface area contributed by atoms with Crippen LogP contribution in [0.25, 0.3) is 0 Å². The van der Waals surface area contributed by atoms with Crippen molar-refractivity contribution in [3.8, 4) is 0 Å². The highest BCUT2D eigenvalue weighted by molar-refractivity contribution is 5.97. The van der Waals surface area contributed by atoms with E-state index in [9.17, 15) is 0 Å². The van der Waals surface area contributed by atoms with Crippen LogP contribution in [0.1, 0.15) is 33.1 Å². The summed E-state index contributed by atoms with van der Waals surface area (Å²) in [5.41, 5.74) is 0. The van der Waals surface area contributed by atoms with Gasteiger partial charge < -0.3 is 19.1 Å². The lowest BCUT2D eigenvalue weighted by Gasteiger charge is -2.35. The first-order valence-corrected chi connectivity index (χ1v) is 8.93. The topological polar surface area (TPSA) is 55.7 Å². The van der Waals surface area contributed by atoms with E-state index in [1.54, 1.807) is 0 Å². The summed E-state index contributed by atoms with van der Waals surface area (Å²) < 4.78 is 16.7. The average Bonchev–Trinajstić information content (AvgIpc) is 2.59. The Morgan fingerprint density at radius 3 is 2.52 bits per heavy atom. The zero-order valence-corrected chi connectivity index (χ0v) is 14.4. The van der Waals surface area contributed by atoms with E-state index in [2.05, 4.69) is 23.7 Å². The largest absolute Gasteiger partial charge is 0.464 e. The van der Waals surface area contributed by atoms with Crippen molar-refractivity contribution in [1.82, 2.24) is 4.90 Å². The number of nitrogens with zero attached hydrogens (tertiary/aromatic N) is 3. The molecule has 3 heterocycles. The van der Waals surface area contributed by atoms with E-state index in [-0.39, 0.29) is 6.04 Å². The molecule has 2 saturated heterocycles. The molecule has 3 rings (SSSR count). The van der Waals surface area contributed by atoms with Gasteiger partial charge in [-0.3, -0.25) is 0 Å². The Bertz CT molecular complexity index is 440. The molecular weight excluding hydrogens is 294 g/mol. The maximum absolute atomic E-state index is 5.89. The fraction of sp³-hybridized carbons (Fsp3) is 0.882. The molecule has 0 aromatic heterocycles. The van der Waals surface area contributed by atoms with E-state index in [0.29, 0.717) is 24.5 Å². The van der Waals surface area contributed by atoms with Gasteiger partial charge in [-0.25, -0.2) is 4.99 Å². The van der Waals surface area contributed by atoms with Gasteiger partial charge in [0.25, 0.3) is 0 Å². The SMILES string of the molecule is C[C@@H]1C(N2CCOCC2)=NC(OCCC2CCOCC2)=N[C@@H]1C. The summed E-state index contributed by atoms with van der Waals surface area (Å²) in [6.07, 6.45) is 3.35. The average molecular weight is 323 g/mol. The molecule has 6 nitrogen and oxygen atoms in total. The summed E-state index contributed by atoms with van der Waals surface area (Å²) in [7, 11) is 0. The van der Waals surface area contributed by atoms with Crippen molar-refractivity contribution in [2.45, 2.75) is 39.2 Å². The van der Waals surface area contributed by atoms with Gasteiger partial charge >= 0.3 is 6.02 Å². The highest BCUT2D eigenvalue weighted by atomic mass is 16.5. The smallest absolute Gasteiger partial charge is 0.313 e. The second kappa shape index (κ2) is 8.11. The summed E-state index contributed by atoms with van der Waals surface area (Å²) in [4.78, 5) is 11.6. The van der Waals surface area contributed by atoms with Crippen molar-refractivity contribution in [3.63, 3.8) is 0 Å².